The fourth-order valence-corrected chi connectivity index (χ4v) is 1.73. The third kappa shape index (κ3) is 5.30. The van der Waals surface area contributed by atoms with Gasteiger partial charge in [-0.25, -0.2) is 4.79 Å². The monoisotopic (exact) mass is 278 g/mol. The first-order chi connectivity index (χ1) is 9.69. The van der Waals surface area contributed by atoms with Crippen LogP contribution in [-0.4, -0.2) is 32.1 Å². The van der Waals surface area contributed by atoms with Crippen molar-refractivity contribution >= 4 is 17.6 Å². The molecule has 2 N–H and O–H groups in total. The predicted octanol–water partition coefficient (Wildman–Crippen LogP) is 2.19. The number of ether oxygens (including phenoxy) is 1. The number of amides is 1. The molecule has 0 heterocycles. The lowest BCUT2D eigenvalue weighted by Gasteiger charge is -2.10. The van der Waals surface area contributed by atoms with Crippen molar-refractivity contribution < 1.29 is 14.3 Å². The number of methoxy groups -OCH3 is 1. The molecule has 0 atom stereocenters. The minimum absolute atomic E-state index is 0.0153. The summed E-state index contributed by atoms with van der Waals surface area (Å²) in [5.74, 6) is -0.373. The second-order valence-corrected chi connectivity index (χ2v) is 4.42. The molecule has 0 fully saturated rings. The second kappa shape index (κ2) is 8.96. The summed E-state index contributed by atoms with van der Waals surface area (Å²) in [7, 11) is 1.35. The van der Waals surface area contributed by atoms with Gasteiger partial charge in [-0.2, -0.15) is 0 Å². The molecule has 0 bridgehead atoms. The second-order valence-electron chi connectivity index (χ2n) is 4.42. The van der Waals surface area contributed by atoms with Crippen LogP contribution in [0.15, 0.2) is 24.3 Å². The number of para-hydroxylation sites is 1. The third-order valence-electron chi connectivity index (χ3n) is 2.85. The number of benzene rings is 1. The van der Waals surface area contributed by atoms with Gasteiger partial charge in [0.1, 0.15) is 0 Å². The van der Waals surface area contributed by atoms with Crippen LogP contribution < -0.4 is 10.6 Å². The number of hydrogen-bond donors (Lipinski definition) is 2. The Balaban J connectivity index is 2.42. The van der Waals surface area contributed by atoms with E-state index in [0.29, 0.717) is 30.8 Å². The van der Waals surface area contributed by atoms with Gasteiger partial charge in [-0.05, 0) is 18.6 Å². The zero-order chi connectivity index (χ0) is 14.8. The average Bonchev–Trinajstić information content (AvgIpc) is 2.47. The standard InChI is InChI=1S/C15H22N2O3/c1-3-4-10-17-14(18)9-11-16-13-8-6-5-7-12(13)15(19)20-2/h5-8,16H,3-4,9-11H2,1-2H3,(H,17,18). The van der Waals surface area contributed by atoms with E-state index in [1.165, 1.54) is 7.11 Å². The van der Waals surface area contributed by atoms with Crippen LogP contribution in [0.1, 0.15) is 36.5 Å². The van der Waals surface area contributed by atoms with Gasteiger partial charge in [0.2, 0.25) is 5.91 Å². The lowest BCUT2D eigenvalue weighted by atomic mass is 10.2. The van der Waals surface area contributed by atoms with Crippen LogP contribution in [0.2, 0.25) is 0 Å². The molecule has 0 aromatic heterocycles. The summed E-state index contributed by atoms with van der Waals surface area (Å²) in [4.78, 5) is 23.1. The summed E-state index contributed by atoms with van der Waals surface area (Å²) in [6, 6.07) is 7.09. The topological polar surface area (TPSA) is 67.4 Å². The minimum Gasteiger partial charge on any atom is -0.465 e. The molecule has 1 aromatic carbocycles. The lowest BCUT2D eigenvalue weighted by Crippen LogP contribution is -2.26. The molecular formula is C15H22N2O3. The molecule has 0 aliphatic rings. The first-order valence-electron chi connectivity index (χ1n) is 6.87. The van der Waals surface area contributed by atoms with Crippen LogP contribution in [0, 0.1) is 0 Å². The summed E-state index contributed by atoms with van der Waals surface area (Å²) < 4.78 is 4.71. The Morgan fingerprint density at radius 2 is 1.95 bits per heavy atom. The van der Waals surface area contributed by atoms with Gasteiger partial charge in [0.15, 0.2) is 0 Å². The van der Waals surface area contributed by atoms with Crippen LogP contribution in [0.25, 0.3) is 0 Å². The molecule has 1 rings (SSSR count). The van der Waals surface area contributed by atoms with Gasteiger partial charge in [-0.1, -0.05) is 25.5 Å². The molecule has 0 spiro atoms. The van der Waals surface area contributed by atoms with Gasteiger partial charge < -0.3 is 15.4 Å². The molecule has 110 valence electrons. The number of carbonyl (C=O) groups is 2. The average molecular weight is 278 g/mol. The Hall–Kier alpha value is -2.04. The van der Waals surface area contributed by atoms with Gasteiger partial charge in [0, 0.05) is 25.2 Å². The zero-order valence-corrected chi connectivity index (χ0v) is 12.1. The van der Waals surface area contributed by atoms with Gasteiger partial charge in [0.05, 0.1) is 12.7 Å². The Morgan fingerprint density at radius 3 is 2.65 bits per heavy atom. The third-order valence-corrected chi connectivity index (χ3v) is 2.85. The fraction of sp³-hybridized carbons (Fsp3) is 0.467. The molecule has 0 aliphatic heterocycles. The first kappa shape index (κ1) is 16.0. The number of rotatable bonds is 8. The highest BCUT2D eigenvalue weighted by molar-refractivity contribution is 5.95. The van der Waals surface area contributed by atoms with Crippen molar-refractivity contribution in [2.24, 2.45) is 0 Å². The molecule has 0 saturated carbocycles. The maximum Gasteiger partial charge on any atom is 0.339 e. The first-order valence-corrected chi connectivity index (χ1v) is 6.87. The van der Waals surface area contributed by atoms with E-state index in [4.69, 9.17) is 4.74 Å². The molecule has 1 aromatic rings. The van der Waals surface area contributed by atoms with Gasteiger partial charge in [0.25, 0.3) is 0 Å². The van der Waals surface area contributed by atoms with E-state index in [-0.39, 0.29) is 11.9 Å². The summed E-state index contributed by atoms with van der Waals surface area (Å²) in [6.45, 7) is 3.28. The van der Waals surface area contributed by atoms with E-state index < -0.39 is 0 Å². The molecule has 5 heteroatoms. The largest absolute Gasteiger partial charge is 0.465 e. The van der Waals surface area contributed by atoms with E-state index in [1.54, 1.807) is 18.2 Å². The van der Waals surface area contributed by atoms with Crippen molar-refractivity contribution in [3.63, 3.8) is 0 Å². The SMILES string of the molecule is CCCCNC(=O)CCNc1ccccc1C(=O)OC. The molecule has 5 nitrogen and oxygen atoms in total. The molecular weight excluding hydrogens is 256 g/mol. The van der Waals surface area contributed by atoms with Crippen molar-refractivity contribution in [2.45, 2.75) is 26.2 Å². The normalized spacial score (nSPS) is 9.90. The smallest absolute Gasteiger partial charge is 0.339 e. The van der Waals surface area contributed by atoms with Crippen molar-refractivity contribution in [3.8, 4) is 0 Å². The van der Waals surface area contributed by atoms with Gasteiger partial charge >= 0.3 is 5.97 Å². The van der Waals surface area contributed by atoms with E-state index in [9.17, 15) is 9.59 Å². The molecule has 0 aliphatic carbocycles. The summed E-state index contributed by atoms with van der Waals surface area (Å²) in [6.07, 6.45) is 2.43. The maximum absolute atomic E-state index is 11.6. The Kier molecular flexibility index (Phi) is 7.17. The Labute approximate surface area is 119 Å². The highest BCUT2D eigenvalue weighted by Gasteiger charge is 2.10. The van der Waals surface area contributed by atoms with E-state index in [2.05, 4.69) is 17.6 Å². The molecule has 0 radical (unpaired) electrons. The Morgan fingerprint density at radius 1 is 1.20 bits per heavy atom. The molecule has 1 amide bonds. The van der Waals surface area contributed by atoms with E-state index in [1.807, 2.05) is 6.07 Å². The van der Waals surface area contributed by atoms with Crippen molar-refractivity contribution in [2.75, 3.05) is 25.5 Å². The zero-order valence-electron chi connectivity index (χ0n) is 12.1. The summed E-state index contributed by atoms with van der Waals surface area (Å²) in [5.41, 5.74) is 1.15. The predicted molar refractivity (Wildman–Crippen MR) is 78.8 cm³/mol. The highest BCUT2D eigenvalue weighted by atomic mass is 16.5. The molecule has 20 heavy (non-hydrogen) atoms. The number of unbranched alkanes of at least 4 members (excludes halogenated alkanes) is 1. The number of nitrogens with one attached hydrogen (secondary N) is 2. The van der Waals surface area contributed by atoms with Crippen LogP contribution in [0.3, 0.4) is 0 Å². The van der Waals surface area contributed by atoms with E-state index >= 15 is 0 Å². The minimum atomic E-state index is -0.388. The number of anilines is 1. The number of hydrogen-bond acceptors (Lipinski definition) is 4. The van der Waals surface area contributed by atoms with Crippen LogP contribution in [0.5, 0.6) is 0 Å². The highest BCUT2D eigenvalue weighted by Crippen LogP contribution is 2.15. The van der Waals surface area contributed by atoms with Crippen molar-refractivity contribution in [1.29, 1.82) is 0 Å². The van der Waals surface area contributed by atoms with Crippen LogP contribution >= 0.6 is 0 Å². The van der Waals surface area contributed by atoms with Gasteiger partial charge in [-0.15, -0.1) is 0 Å². The quantitative estimate of drug-likeness (QED) is 0.565. The van der Waals surface area contributed by atoms with E-state index in [0.717, 1.165) is 12.8 Å². The number of esters is 1. The summed E-state index contributed by atoms with van der Waals surface area (Å²) in [5, 5.41) is 5.94. The van der Waals surface area contributed by atoms with Crippen LogP contribution in [0.4, 0.5) is 5.69 Å². The number of carbonyl (C=O) groups excluding carboxylic acids is 2. The molecule has 0 unspecified atom stereocenters. The van der Waals surface area contributed by atoms with Gasteiger partial charge in [-0.3, -0.25) is 4.79 Å². The fourth-order valence-electron chi connectivity index (χ4n) is 1.73. The Bertz CT molecular complexity index is 446. The van der Waals surface area contributed by atoms with Crippen molar-refractivity contribution in [1.82, 2.24) is 5.32 Å². The van der Waals surface area contributed by atoms with Crippen molar-refractivity contribution in [3.05, 3.63) is 29.8 Å². The lowest BCUT2D eigenvalue weighted by molar-refractivity contribution is -0.120. The molecule has 0 saturated heterocycles. The maximum atomic E-state index is 11.6. The summed E-state index contributed by atoms with van der Waals surface area (Å²) >= 11 is 0. The van der Waals surface area contributed by atoms with Crippen LogP contribution in [-0.2, 0) is 9.53 Å².